The Hall–Kier alpha value is -1.18. The molecule has 1 aliphatic rings. The third kappa shape index (κ3) is 3.94. The Balaban J connectivity index is 1.85. The molecule has 100 valence electrons. The van der Waals surface area contributed by atoms with Crippen molar-refractivity contribution in [2.45, 2.75) is 44.9 Å². The summed E-state index contributed by atoms with van der Waals surface area (Å²) in [5.74, 6) is 1.78. The van der Waals surface area contributed by atoms with Gasteiger partial charge in [0.2, 0.25) is 0 Å². The minimum absolute atomic E-state index is 0.829. The van der Waals surface area contributed by atoms with Crippen LogP contribution in [-0.2, 0) is 0 Å². The molecule has 2 nitrogen and oxygen atoms in total. The zero-order valence-corrected chi connectivity index (χ0v) is 11.5. The minimum Gasteiger partial charge on any atom is -0.495 e. The summed E-state index contributed by atoms with van der Waals surface area (Å²) >= 11 is 0. The van der Waals surface area contributed by atoms with Crippen molar-refractivity contribution in [3.8, 4) is 5.75 Å². The molecule has 0 aliphatic heterocycles. The van der Waals surface area contributed by atoms with E-state index in [1.165, 1.54) is 44.9 Å². The molecule has 0 heterocycles. The Kier molecular flexibility index (Phi) is 5.37. The maximum atomic E-state index is 5.37. The molecule has 1 aromatic rings. The third-order valence-corrected chi connectivity index (χ3v) is 3.91. The van der Waals surface area contributed by atoms with Gasteiger partial charge in [-0.25, -0.2) is 0 Å². The second-order valence-corrected chi connectivity index (χ2v) is 5.29. The lowest BCUT2D eigenvalue weighted by atomic mass is 9.91. The van der Waals surface area contributed by atoms with E-state index in [1.807, 2.05) is 12.1 Å². The highest BCUT2D eigenvalue weighted by Gasteiger charge is 2.11. The lowest BCUT2D eigenvalue weighted by molar-refractivity contribution is 0.390. The summed E-state index contributed by atoms with van der Waals surface area (Å²) in [6.45, 7) is 1.08. The van der Waals surface area contributed by atoms with E-state index in [2.05, 4.69) is 17.4 Å². The SMILES string of the molecule is COc1ccccc1NCC1CCCCCCC1. The first-order chi connectivity index (χ1) is 8.90. The largest absolute Gasteiger partial charge is 0.495 e. The van der Waals surface area contributed by atoms with Crippen LogP contribution in [0.1, 0.15) is 44.9 Å². The molecule has 1 saturated carbocycles. The van der Waals surface area contributed by atoms with Crippen LogP contribution in [-0.4, -0.2) is 13.7 Å². The van der Waals surface area contributed by atoms with Crippen molar-refractivity contribution in [1.29, 1.82) is 0 Å². The predicted molar refractivity (Wildman–Crippen MR) is 77.3 cm³/mol. The van der Waals surface area contributed by atoms with Crippen molar-refractivity contribution in [3.63, 3.8) is 0 Å². The van der Waals surface area contributed by atoms with E-state index in [1.54, 1.807) is 7.11 Å². The Morgan fingerprint density at radius 2 is 1.72 bits per heavy atom. The average Bonchev–Trinajstić information content (AvgIpc) is 2.38. The second kappa shape index (κ2) is 7.30. The highest BCUT2D eigenvalue weighted by Crippen LogP contribution is 2.26. The molecule has 0 spiro atoms. The fourth-order valence-corrected chi connectivity index (χ4v) is 2.79. The van der Waals surface area contributed by atoms with Crippen LogP contribution in [0.2, 0.25) is 0 Å². The van der Waals surface area contributed by atoms with Gasteiger partial charge in [-0.15, -0.1) is 0 Å². The maximum absolute atomic E-state index is 5.37. The van der Waals surface area contributed by atoms with Crippen molar-refractivity contribution in [2.75, 3.05) is 19.0 Å². The number of anilines is 1. The predicted octanol–water partition coefficient (Wildman–Crippen LogP) is 4.47. The van der Waals surface area contributed by atoms with Gasteiger partial charge in [-0.3, -0.25) is 0 Å². The van der Waals surface area contributed by atoms with Crippen molar-refractivity contribution in [1.82, 2.24) is 0 Å². The number of hydrogen-bond donors (Lipinski definition) is 1. The Bertz CT molecular complexity index is 343. The zero-order chi connectivity index (χ0) is 12.6. The van der Waals surface area contributed by atoms with Gasteiger partial charge in [0.25, 0.3) is 0 Å². The van der Waals surface area contributed by atoms with Gasteiger partial charge < -0.3 is 10.1 Å². The summed E-state index contributed by atoms with van der Waals surface area (Å²) in [6.07, 6.45) is 9.84. The standard InChI is InChI=1S/C16H25NO/c1-18-16-12-8-7-11-15(16)17-13-14-9-5-3-2-4-6-10-14/h7-8,11-12,14,17H,2-6,9-10,13H2,1H3. The smallest absolute Gasteiger partial charge is 0.141 e. The second-order valence-electron chi connectivity index (χ2n) is 5.29. The summed E-state index contributed by atoms with van der Waals surface area (Å²) in [5, 5.41) is 3.56. The van der Waals surface area contributed by atoms with Gasteiger partial charge in [0.1, 0.15) is 5.75 Å². The van der Waals surface area contributed by atoms with Crippen LogP contribution in [0.25, 0.3) is 0 Å². The van der Waals surface area contributed by atoms with Crippen LogP contribution in [0.4, 0.5) is 5.69 Å². The number of rotatable bonds is 4. The highest BCUT2D eigenvalue weighted by molar-refractivity contribution is 5.56. The zero-order valence-electron chi connectivity index (χ0n) is 11.5. The Labute approximate surface area is 111 Å². The third-order valence-electron chi connectivity index (χ3n) is 3.91. The molecule has 2 rings (SSSR count). The number of benzene rings is 1. The molecule has 0 bridgehead atoms. The van der Waals surface area contributed by atoms with Crippen LogP contribution in [0.3, 0.4) is 0 Å². The van der Waals surface area contributed by atoms with Crippen LogP contribution in [0.5, 0.6) is 5.75 Å². The lowest BCUT2D eigenvalue weighted by Gasteiger charge is -2.21. The molecule has 1 aliphatic carbocycles. The van der Waals surface area contributed by atoms with E-state index in [0.717, 1.165) is 23.9 Å². The number of para-hydroxylation sites is 2. The Morgan fingerprint density at radius 3 is 2.44 bits per heavy atom. The normalized spacial score (nSPS) is 17.8. The molecule has 1 fully saturated rings. The molecule has 0 saturated heterocycles. The molecule has 0 aromatic heterocycles. The number of hydrogen-bond acceptors (Lipinski definition) is 2. The molecule has 0 atom stereocenters. The van der Waals surface area contributed by atoms with Crippen molar-refractivity contribution >= 4 is 5.69 Å². The first kappa shape index (κ1) is 13.3. The quantitative estimate of drug-likeness (QED) is 0.847. The Morgan fingerprint density at radius 1 is 1.06 bits per heavy atom. The molecule has 1 aromatic carbocycles. The average molecular weight is 247 g/mol. The van der Waals surface area contributed by atoms with Gasteiger partial charge in [-0.1, -0.05) is 44.2 Å². The summed E-state index contributed by atoms with van der Waals surface area (Å²) in [7, 11) is 1.73. The van der Waals surface area contributed by atoms with Crippen LogP contribution in [0, 0.1) is 5.92 Å². The van der Waals surface area contributed by atoms with Crippen molar-refractivity contribution in [2.24, 2.45) is 5.92 Å². The van der Waals surface area contributed by atoms with E-state index in [0.29, 0.717) is 0 Å². The van der Waals surface area contributed by atoms with Gasteiger partial charge >= 0.3 is 0 Å². The topological polar surface area (TPSA) is 21.3 Å². The molecular formula is C16H25NO. The monoisotopic (exact) mass is 247 g/mol. The number of nitrogens with one attached hydrogen (secondary N) is 1. The summed E-state index contributed by atoms with van der Waals surface area (Å²) in [6, 6.07) is 8.19. The molecule has 0 unspecified atom stereocenters. The maximum Gasteiger partial charge on any atom is 0.141 e. The fourth-order valence-electron chi connectivity index (χ4n) is 2.79. The minimum atomic E-state index is 0.829. The van der Waals surface area contributed by atoms with Gasteiger partial charge in [-0.05, 0) is 30.9 Å². The van der Waals surface area contributed by atoms with Crippen molar-refractivity contribution < 1.29 is 4.74 Å². The van der Waals surface area contributed by atoms with E-state index < -0.39 is 0 Å². The van der Waals surface area contributed by atoms with Crippen LogP contribution >= 0.6 is 0 Å². The lowest BCUT2D eigenvalue weighted by Crippen LogP contribution is -2.16. The van der Waals surface area contributed by atoms with E-state index in [-0.39, 0.29) is 0 Å². The summed E-state index contributed by atoms with van der Waals surface area (Å²) in [5.41, 5.74) is 1.13. The molecule has 2 heteroatoms. The van der Waals surface area contributed by atoms with Crippen LogP contribution in [0.15, 0.2) is 24.3 Å². The molecule has 0 amide bonds. The van der Waals surface area contributed by atoms with Gasteiger partial charge in [0, 0.05) is 6.54 Å². The first-order valence-corrected chi connectivity index (χ1v) is 7.27. The van der Waals surface area contributed by atoms with E-state index >= 15 is 0 Å². The van der Waals surface area contributed by atoms with Crippen molar-refractivity contribution in [3.05, 3.63) is 24.3 Å². The van der Waals surface area contributed by atoms with E-state index in [9.17, 15) is 0 Å². The van der Waals surface area contributed by atoms with Crippen LogP contribution < -0.4 is 10.1 Å². The summed E-state index contributed by atoms with van der Waals surface area (Å²) in [4.78, 5) is 0. The molecule has 0 radical (unpaired) electrons. The van der Waals surface area contributed by atoms with Gasteiger partial charge in [0.15, 0.2) is 0 Å². The van der Waals surface area contributed by atoms with Gasteiger partial charge in [-0.2, -0.15) is 0 Å². The molecular weight excluding hydrogens is 222 g/mol. The molecule has 1 N–H and O–H groups in total. The molecule has 18 heavy (non-hydrogen) atoms. The fraction of sp³-hybridized carbons (Fsp3) is 0.625. The van der Waals surface area contributed by atoms with Gasteiger partial charge in [0.05, 0.1) is 12.8 Å². The first-order valence-electron chi connectivity index (χ1n) is 7.27. The number of ether oxygens (including phenoxy) is 1. The number of methoxy groups -OCH3 is 1. The highest BCUT2D eigenvalue weighted by atomic mass is 16.5. The summed E-state index contributed by atoms with van der Waals surface area (Å²) < 4.78 is 5.37. The van der Waals surface area contributed by atoms with E-state index in [4.69, 9.17) is 4.74 Å².